The van der Waals surface area contributed by atoms with E-state index in [-0.39, 0.29) is 11.1 Å². The molecule has 1 aliphatic rings. The molecule has 0 atom stereocenters. The van der Waals surface area contributed by atoms with Crippen molar-refractivity contribution in [2.75, 3.05) is 24.7 Å². The fraction of sp³-hybridized carbons (Fsp3) is 0.400. The predicted molar refractivity (Wildman–Crippen MR) is 78.7 cm³/mol. The second-order valence-electron chi connectivity index (χ2n) is 5.75. The average Bonchev–Trinajstić information content (AvgIpc) is 2.45. The van der Waals surface area contributed by atoms with Gasteiger partial charge in [-0.15, -0.1) is 0 Å². The number of hydrogen-bond acceptors (Lipinski definition) is 5. The standard InChI is InChI=1S/C15H17N3O3/c1-15(2)8-21-6-5-18(15)13-11-4-3-10(14(19)20)7-12(11)16-9-17-13/h3-4,7,9H,5-6,8H2,1-2H3,(H,19,20). The number of aromatic carboxylic acids is 1. The molecule has 2 heterocycles. The van der Waals surface area contributed by atoms with Crippen LogP contribution in [0.2, 0.25) is 0 Å². The minimum atomic E-state index is -0.955. The summed E-state index contributed by atoms with van der Waals surface area (Å²) in [7, 11) is 0. The summed E-state index contributed by atoms with van der Waals surface area (Å²) in [6.07, 6.45) is 1.48. The number of carboxylic acids is 1. The van der Waals surface area contributed by atoms with E-state index in [2.05, 4.69) is 28.7 Å². The number of aromatic nitrogens is 2. The SMILES string of the molecule is CC1(C)COCCN1c1ncnc2cc(C(=O)O)ccc12. The lowest BCUT2D eigenvalue weighted by atomic mass is 10.0. The monoisotopic (exact) mass is 287 g/mol. The van der Waals surface area contributed by atoms with Crippen molar-refractivity contribution < 1.29 is 14.6 Å². The van der Waals surface area contributed by atoms with Crippen molar-refractivity contribution in [1.29, 1.82) is 0 Å². The van der Waals surface area contributed by atoms with E-state index < -0.39 is 5.97 Å². The van der Waals surface area contributed by atoms with Crippen molar-refractivity contribution in [2.45, 2.75) is 19.4 Å². The lowest BCUT2D eigenvalue weighted by Gasteiger charge is -2.43. The molecule has 6 heteroatoms. The van der Waals surface area contributed by atoms with E-state index in [1.807, 2.05) is 0 Å². The molecule has 0 spiro atoms. The number of anilines is 1. The normalized spacial score (nSPS) is 17.9. The zero-order valence-corrected chi connectivity index (χ0v) is 12.0. The first kappa shape index (κ1) is 13.8. The van der Waals surface area contributed by atoms with Crippen LogP contribution in [0.15, 0.2) is 24.5 Å². The average molecular weight is 287 g/mol. The van der Waals surface area contributed by atoms with Crippen molar-refractivity contribution in [3.8, 4) is 0 Å². The fourth-order valence-corrected chi connectivity index (χ4v) is 2.64. The van der Waals surface area contributed by atoms with Crippen molar-refractivity contribution in [2.24, 2.45) is 0 Å². The molecule has 0 saturated carbocycles. The molecule has 0 bridgehead atoms. The van der Waals surface area contributed by atoms with Crippen LogP contribution >= 0.6 is 0 Å². The van der Waals surface area contributed by atoms with Crippen molar-refractivity contribution in [1.82, 2.24) is 9.97 Å². The molecule has 1 aliphatic heterocycles. The summed E-state index contributed by atoms with van der Waals surface area (Å²) in [5.41, 5.74) is 0.709. The van der Waals surface area contributed by atoms with Crippen LogP contribution in [0.25, 0.3) is 10.9 Å². The van der Waals surface area contributed by atoms with Gasteiger partial charge in [0.25, 0.3) is 0 Å². The molecule has 21 heavy (non-hydrogen) atoms. The third kappa shape index (κ3) is 2.42. The number of rotatable bonds is 2. The molecule has 3 rings (SSSR count). The summed E-state index contributed by atoms with van der Waals surface area (Å²) in [5.74, 6) is -0.131. The van der Waals surface area contributed by atoms with E-state index in [0.29, 0.717) is 18.7 Å². The fourth-order valence-electron chi connectivity index (χ4n) is 2.64. The van der Waals surface area contributed by atoms with Gasteiger partial charge in [0.2, 0.25) is 0 Å². The highest BCUT2D eigenvalue weighted by Gasteiger charge is 2.32. The van der Waals surface area contributed by atoms with Crippen molar-refractivity contribution in [3.63, 3.8) is 0 Å². The minimum Gasteiger partial charge on any atom is -0.478 e. The Balaban J connectivity index is 2.12. The van der Waals surface area contributed by atoms with Crippen LogP contribution in [-0.4, -0.2) is 46.3 Å². The van der Waals surface area contributed by atoms with Crippen LogP contribution in [0.3, 0.4) is 0 Å². The van der Waals surface area contributed by atoms with Crippen LogP contribution in [-0.2, 0) is 4.74 Å². The maximum absolute atomic E-state index is 11.1. The van der Waals surface area contributed by atoms with E-state index in [1.165, 1.54) is 6.33 Å². The Kier molecular flexibility index (Phi) is 3.25. The molecular formula is C15H17N3O3. The van der Waals surface area contributed by atoms with E-state index >= 15 is 0 Å². The zero-order valence-electron chi connectivity index (χ0n) is 12.0. The number of carbonyl (C=O) groups is 1. The second kappa shape index (κ2) is 4.96. The number of carboxylic acid groups (broad SMARTS) is 1. The summed E-state index contributed by atoms with van der Waals surface area (Å²) < 4.78 is 5.54. The van der Waals surface area contributed by atoms with Crippen LogP contribution in [0.4, 0.5) is 5.82 Å². The van der Waals surface area contributed by atoms with Gasteiger partial charge in [-0.2, -0.15) is 0 Å². The number of hydrogen-bond donors (Lipinski definition) is 1. The van der Waals surface area contributed by atoms with Crippen LogP contribution in [0.1, 0.15) is 24.2 Å². The highest BCUT2D eigenvalue weighted by Crippen LogP contribution is 2.30. The summed E-state index contributed by atoms with van der Waals surface area (Å²) in [6.45, 7) is 6.24. The number of fused-ring (bicyclic) bond motifs is 1. The maximum Gasteiger partial charge on any atom is 0.335 e. The first-order valence-corrected chi connectivity index (χ1v) is 6.82. The van der Waals surface area contributed by atoms with E-state index in [1.54, 1.807) is 18.2 Å². The maximum atomic E-state index is 11.1. The molecular weight excluding hydrogens is 270 g/mol. The van der Waals surface area contributed by atoms with Crippen LogP contribution < -0.4 is 4.90 Å². The Bertz CT molecular complexity index is 700. The van der Waals surface area contributed by atoms with Gasteiger partial charge in [0.05, 0.1) is 29.8 Å². The quantitative estimate of drug-likeness (QED) is 0.909. The first-order valence-electron chi connectivity index (χ1n) is 6.82. The second-order valence-corrected chi connectivity index (χ2v) is 5.75. The Hall–Kier alpha value is -2.21. The predicted octanol–water partition coefficient (Wildman–Crippen LogP) is 1.94. The Morgan fingerprint density at radius 1 is 1.38 bits per heavy atom. The molecule has 1 N–H and O–H groups in total. The van der Waals surface area contributed by atoms with Gasteiger partial charge in [0.1, 0.15) is 12.1 Å². The van der Waals surface area contributed by atoms with Gasteiger partial charge in [-0.25, -0.2) is 14.8 Å². The first-order chi connectivity index (χ1) is 9.99. The Morgan fingerprint density at radius 2 is 2.19 bits per heavy atom. The van der Waals surface area contributed by atoms with Gasteiger partial charge in [-0.1, -0.05) is 0 Å². The van der Waals surface area contributed by atoms with E-state index in [9.17, 15) is 4.79 Å². The molecule has 0 unspecified atom stereocenters. The van der Waals surface area contributed by atoms with Gasteiger partial charge < -0.3 is 14.7 Å². The number of nitrogens with zero attached hydrogens (tertiary/aromatic N) is 3. The smallest absolute Gasteiger partial charge is 0.335 e. The van der Waals surface area contributed by atoms with E-state index in [0.717, 1.165) is 17.7 Å². The van der Waals surface area contributed by atoms with Gasteiger partial charge in [-0.3, -0.25) is 0 Å². The van der Waals surface area contributed by atoms with Gasteiger partial charge >= 0.3 is 5.97 Å². The molecule has 2 aromatic rings. The molecule has 0 aliphatic carbocycles. The Morgan fingerprint density at radius 3 is 2.90 bits per heavy atom. The van der Waals surface area contributed by atoms with E-state index in [4.69, 9.17) is 9.84 Å². The molecule has 1 aromatic heterocycles. The topological polar surface area (TPSA) is 75.5 Å². The summed E-state index contributed by atoms with van der Waals surface area (Å²) in [4.78, 5) is 21.9. The molecule has 1 aromatic carbocycles. The minimum absolute atomic E-state index is 0.162. The third-order valence-electron chi connectivity index (χ3n) is 3.76. The molecule has 1 fully saturated rings. The molecule has 0 amide bonds. The molecule has 6 nitrogen and oxygen atoms in total. The summed E-state index contributed by atoms with van der Waals surface area (Å²) in [6, 6.07) is 4.95. The van der Waals surface area contributed by atoms with Gasteiger partial charge in [0.15, 0.2) is 0 Å². The number of morpholine rings is 1. The van der Waals surface area contributed by atoms with Crippen LogP contribution in [0, 0.1) is 0 Å². The zero-order chi connectivity index (χ0) is 15.0. The van der Waals surface area contributed by atoms with Crippen molar-refractivity contribution in [3.05, 3.63) is 30.1 Å². The lowest BCUT2D eigenvalue weighted by Crippen LogP contribution is -2.53. The highest BCUT2D eigenvalue weighted by molar-refractivity contribution is 5.96. The summed E-state index contributed by atoms with van der Waals surface area (Å²) >= 11 is 0. The molecule has 1 saturated heterocycles. The summed E-state index contributed by atoms with van der Waals surface area (Å²) in [5, 5.41) is 9.93. The third-order valence-corrected chi connectivity index (χ3v) is 3.76. The van der Waals surface area contributed by atoms with Crippen molar-refractivity contribution >= 4 is 22.7 Å². The Labute approximate surface area is 122 Å². The van der Waals surface area contributed by atoms with Gasteiger partial charge in [0, 0.05) is 11.9 Å². The largest absolute Gasteiger partial charge is 0.478 e. The molecule has 110 valence electrons. The van der Waals surface area contributed by atoms with Gasteiger partial charge in [-0.05, 0) is 32.0 Å². The number of benzene rings is 1. The number of ether oxygens (including phenoxy) is 1. The highest BCUT2D eigenvalue weighted by atomic mass is 16.5. The lowest BCUT2D eigenvalue weighted by molar-refractivity contribution is 0.0641. The molecule has 0 radical (unpaired) electrons. The van der Waals surface area contributed by atoms with Crippen LogP contribution in [0.5, 0.6) is 0 Å².